The molecule has 7 heteroatoms. The Morgan fingerprint density at radius 1 is 1.09 bits per heavy atom. The number of benzene rings is 1. The number of ketones is 1. The first-order valence-electron chi connectivity index (χ1n) is 6.17. The Hall–Kier alpha value is -2.70. The van der Waals surface area contributed by atoms with Crippen LogP contribution < -0.4 is 0 Å². The predicted molar refractivity (Wildman–Crippen MR) is 70.9 cm³/mol. The number of Topliss-reactive ketones (excluding diaryl/α,β-unsaturated/α-hetero) is 1. The molecule has 0 aliphatic rings. The van der Waals surface area contributed by atoms with Gasteiger partial charge in [0.05, 0.1) is 5.56 Å². The number of carbonyl (C=O) groups excluding carboxylic acids is 1. The van der Waals surface area contributed by atoms with Gasteiger partial charge >= 0.3 is 5.97 Å². The highest BCUT2D eigenvalue weighted by atomic mass is 19.1. The largest absolute Gasteiger partial charge is 0.477 e. The fraction of sp³-hybridized carbons (Fsp3) is 0.133. The maximum Gasteiger partial charge on any atom is 0.354 e. The molecule has 0 atom stereocenters. The maximum absolute atomic E-state index is 14.3. The van der Waals surface area contributed by atoms with E-state index in [4.69, 9.17) is 5.11 Å². The van der Waals surface area contributed by atoms with Crippen LogP contribution in [0.5, 0.6) is 0 Å². The van der Waals surface area contributed by atoms with Crippen molar-refractivity contribution in [2.24, 2.45) is 0 Å². The normalized spacial score (nSPS) is 10.5. The van der Waals surface area contributed by atoms with Gasteiger partial charge in [-0.2, -0.15) is 0 Å². The highest BCUT2D eigenvalue weighted by Gasteiger charge is 2.22. The minimum Gasteiger partial charge on any atom is -0.477 e. The Balaban J connectivity index is 2.69. The number of aromatic carboxylic acids is 1. The van der Waals surface area contributed by atoms with Gasteiger partial charge in [-0.05, 0) is 30.7 Å². The van der Waals surface area contributed by atoms with Crippen LogP contribution in [0.4, 0.5) is 13.2 Å². The lowest BCUT2D eigenvalue weighted by atomic mass is 10.0. The van der Waals surface area contributed by atoms with Gasteiger partial charge in [0.25, 0.3) is 0 Å². The average molecular weight is 309 g/mol. The first kappa shape index (κ1) is 15.7. The number of hydrogen-bond donors (Lipinski definition) is 1. The van der Waals surface area contributed by atoms with E-state index < -0.39 is 40.4 Å². The van der Waals surface area contributed by atoms with E-state index in [9.17, 15) is 22.8 Å². The summed E-state index contributed by atoms with van der Waals surface area (Å²) in [5, 5.41) is 8.84. The van der Waals surface area contributed by atoms with E-state index in [2.05, 4.69) is 4.98 Å². The SMILES string of the molecule is CC(=O)Cc1ccc(F)c(-c2nc(C(=O)O)ccc2F)c1F. The lowest BCUT2D eigenvalue weighted by molar-refractivity contribution is -0.116. The van der Waals surface area contributed by atoms with Gasteiger partial charge in [-0.15, -0.1) is 0 Å². The Morgan fingerprint density at radius 2 is 1.73 bits per heavy atom. The number of halogens is 3. The number of pyridine rings is 1. The number of carboxylic acid groups (broad SMARTS) is 1. The molecule has 114 valence electrons. The third-order valence-corrected chi connectivity index (χ3v) is 2.91. The van der Waals surface area contributed by atoms with E-state index in [1.165, 1.54) is 6.92 Å². The van der Waals surface area contributed by atoms with Gasteiger partial charge < -0.3 is 5.11 Å². The summed E-state index contributed by atoms with van der Waals surface area (Å²) in [6.45, 7) is 1.23. The van der Waals surface area contributed by atoms with Crippen molar-refractivity contribution in [2.45, 2.75) is 13.3 Å². The standard InChI is InChI=1S/C15H10F3NO3/c1-7(20)6-8-2-3-9(16)12(13(8)18)14-10(17)4-5-11(19-14)15(21)22/h2-5H,6H2,1H3,(H,21,22). The van der Waals surface area contributed by atoms with Crippen LogP contribution in [0.2, 0.25) is 0 Å². The minimum absolute atomic E-state index is 0.120. The van der Waals surface area contributed by atoms with Crippen LogP contribution in [0.15, 0.2) is 24.3 Å². The van der Waals surface area contributed by atoms with Crippen molar-refractivity contribution in [1.82, 2.24) is 4.98 Å². The fourth-order valence-corrected chi connectivity index (χ4v) is 1.95. The zero-order valence-corrected chi connectivity index (χ0v) is 11.4. The minimum atomic E-state index is -1.46. The summed E-state index contributed by atoms with van der Waals surface area (Å²) >= 11 is 0. The van der Waals surface area contributed by atoms with Gasteiger partial charge in [0.15, 0.2) is 0 Å². The van der Waals surface area contributed by atoms with Crippen molar-refractivity contribution in [2.75, 3.05) is 0 Å². The Bertz CT molecular complexity index is 775. The molecule has 0 aliphatic heterocycles. The van der Waals surface area contributed by atoms with Gasteiger partial charge in [0, 0.05) is 6.42 Å². The van der Waals surface area contributed by atoms with Crippen LogP contribution in [-0.4, -0.2) is 21.8 Å². The smallest absolute Gasteiger partial charge is 0.354 e. The molecule has 2 aromatic rings. The molecule has 4 nitrogen and oxygen atoms in total. The van der Waals surface area contributed by atoms with Gasteiger partial charge in [0.2, 0.25) is 0 Å². The molecule has 0 unspecified atom stereocenters. The molecular weight excluding hydrogens is 299 g/mol. The van der Waals surface area contributed by atoms with Crippen molar-refractivity contribution in [1.29, 1.82) is 0 Å². The second kappa shape index (κ2) is 5.97. The molecule has 1 aromatic heterocycles. The summed E-state index contributed by atoms with van der Waals surface area (Å²) < 4.78 is 42.1. The molecule has 1 N–H and O–H groups in total. The van der Waals surface area contributed by atoms with Crippen molar-refractivity contribution >= 4 is 11.8 Å². The fourth-order valence-electron chi connectivity index (χ4n) is 1.95. The molecule has 0 saturated heterocycles. The molecule has 1 aromatic carbocycles. The van der Waals surface area contributed by atoms with E-state index in [0.717, 1.165) is 24.3 Å². The average Bonchev–Trinajstić information content (AvgIpc) is 2.43. The van der Waals surface area contributed by atoms with Crippen LogP contribution in [-0.2, 0) is 11.2 Å². The molecule has 0 aliphatic carbocycles. The lowest BCUT2D eigenvalue weighted by Crippen LogP contribution is -2.07. The summed E-state index contributed by atoms with van der Waals surface area (Å²) in [5.74, 6) is -5.11. The predicted octanol–water partition coefficient (Wildman–Crippen LogP) is 3.00. The Kier molecular flexibility index (Phi) is 4.25. The van der Waals surface area contributed by atoms with Gasteiger partial charge in [-0.25, -0.2) is 22.9 Å². The Labute approximate surface area is 123 Å². The zero-order chi connectivity index (χ0) is 16.4. The van der Waals surface area contributed by atoms with Crippen LogP contribution in [0.1, 0.15) is 23.0 Å². The highest BCUT2D eigenvalue weighted by molar-refractivity contribution is 5.86. The van der Waals surface area contributed by atoms with E-state index in [0.29, 0.717) is 0 Å². The molecular formula is C15H10F3NO3. The van der Waals surface area contributed by atoms with E-state index in [1.54, 1.807) is 0 Å². The number of carbonyl (C=O) groups is 2. The van der Waals surface area contributed by atoms with Crippen LogP contribution in [0, 0.1) is 17.5 Å². The summed E-state index contributed by atoms with van der Waals surface area (Å²) in [7, 11) is 0. The monoisotopic (exact) mass is 309 g/mol. The molecule has 2 rings (SSSR count). The Morgan fingerprint density at radius 3 is 2.32 bits per heavy atom. The molecule has 1 heterocycles. The topological polar surface area (TPSA) is 67.3 Å². The first-order valence-corrected chi connectivity index (χ1v) is 6.17. The summed E-state index contributed by atoms with van der Waals surface area (Å²) in [6.07, 6.45) is -0.292. The van der Waals surface area contributed by atoms with Gasteiger partial charge in [-0.1, -0.05) is 6.07 Å². The van der Waals surface area contributed by atoms with E-state index >= 15 is 0 Å². The molecule has 0 radical (unpaired) electrons. The molecule has 22 heavy (non-hydrogen) atoms. The molecule has 0 saturated carbocycles. The van der Waals surface area contributed by atoms with Crippen molar-refractivity contribution in [3.63, 3.8) is 0 Å². The molecule has 0 bridgehead atoms. The van der Waals surface area contributed by atoms with Crippen molar-refractivity contribution in [3.8, 4) is 11.3 Å². The van der Waals surface area contributed by atoms with Crippen molar-refractivity contribution in [3.05, 3.63) is 53.0 Å². The third-order valence-electron chi connectivity index (χ3n) is 2.91. The summed E-state index contributed by atoms with van der Waals surface area (Å²) in [6, 6.07) is 3.61. The lowest BCUT2D eigenvalue weighted by Gasteiger charge is -2.10. The second-order valence-corrected chi connectivity index (χ2v) is 4.61. The van der Waals surface area contributed by atoms with Crippen molar-refractivity contribution < 1.29 is 27.9 Å². The quantitative estimate of drug-likeness (QED) is 0.943. The zero-order valence-electron chi connectivity index (χ0n) is 11.4. The summed E-state index contributed by atoms with van der Waals surface area (Å²) in [5.41, 5.74) is -2.21. The number of rotatable bonds is 4. The van der Waals surface area contributed by atoms with Crippen LogP contribution >= 0.6 is 0 Å². The van der Waals surface area contributed by atoms with E-state index in [1.807, 2.05) is 0 Å². The summed E-state index contributed by atoms with van der Waals surface area (Å²) in [4.78, 5) is 25.4. The molecule has 0 amide bonds. The van der Waals surface area contributed by atoms with E-state index in [-0.39, 0.29) is 17.8 Å². The number of hydrogen-bond acceptors (Lipinski definition) is 3. The third kappa shape index (κ3) is 2.98. The van der Waals surface area contributed by atoms with Gasteiger partial charge in [0.1, 0.15) is 34.6 Å². The van der Waals surface area contributed by atoms with Crippen LogP contribution in [0.3, 0.4) is 0 Å². The number of carboxylic acids is 1. The highest BCUT2D eigenvalue weighted by Crippen LogP contribution is 2.29. The maximum atomic E-state index is 14.3. The molecule has 0 fully saturated rings. The molecule has 0 spiro atoms. The first-order chi connectivity index (χ1) is 10.3. The number of aromatic nitrogens is 1. The number of nitrogens with zero attached hydrogens (tertiary/aromatic N) is 1. The second-order valence-electron chi connectivity index (χ2n) is 4.61. The van der Waals surface area contributed by atoms with Gasteiger partial charge in [-0.3, -0.25) is 4.79 Å². The van der Waals surface area contributed by atoms with Crippen LogP contribution in [0.25, 0.3) is 11.3 Å².